The number of rotatable bonds is 3. The molecular formula is C44H24N4S. The van der Waals surface area contributed by atoms with Gasteiger partial charge in [-0.1, -0.05) is 78.9 Å². The fraction of sp³-hybridized carbons (Fsp3) is 0. The molecule has 49 heavy (non-hydrogen) atoms. The molecule has 226 valence electrons. The normalized spacial score (nSPS) is 11.6. The van der Waals surface area contributed by atoms with Crippen molar-refractivity contribution < 1.29 is 0 Å². The van der Waals surface area contributed by atoms with Crippen molar-refractivity contribution in [3.63, 3.8) is 0 Å². The molecule has 10 aromatic rings. The molecule has 0 aliphatic heterocycles. The number of para-hydroxylation sites is 3. The van der Waals surface area contributed by atoms with Gasteiger partial charge in [-0.25, -0.2) is 4.85 Å². The third kappa shape index (κ3) is 3.88. The lowest BCUT2D eigenvalue weighted by atomic mass is 10.0. The fourth-order valence-corrected chi connectivity index (χ4v) is 8.85. The molecule has 0 aliphatic rings. The Balaban J connectivity index is 1.31. The smallest absolute Gasteiger partial charge is 0.188 e. The zero-order chi connectivity index (χ0) is 32.6. The Hall–Kier alpha value is -6.66. The van der Waals surface area contributed by atoms with E-state index in [1.807, 2.05) is 29.5 Å². The van der Waals surface area contributed by atoms with Crippen molar-refractivity contribution in [1.29, 1.82) is 5.26 Å². The van der Waals surface area contributed by atoms with Crippen molar-refractivity contribution in [2.24, 2.45) is 0 Å². The number of aromatic nitrogens is 2. The standard InChI is InChI=1S/C44H24N4S/c1-46-28-19-21-39-34(25-28)43-40(22-23-42-44(43)32-13-5-9-17-41(32)49-42)48(39)36-15-7-3-11-30(36)29-10-2-6-14-35(29)47-37-16-8-4-12-31(37)33-24-27(26-45)18-20-38(33)47/h2-25H. The van der Waals surface area contributed by atoms with Gasteiger partial charge in [0.25, 0.3) is 0 Å². The molecule has 4 nitrogen and oxygen atoms in total. The monoisotopic (exact) mass is 640 g/mol. The SMILES string of the molecule is [C-]#[N+]c1ccc2c(c1)c1c3c(ccc1n2-c1ccccc1-c1ccccc1-n1c2ccccc2c2cc(C#N)ccc21)sc1ccccc13. The largest absolute Gasteiger partial charge is 0.309 e. The molecule has 0 fully saturated rings. The van der Waals surface area contributed by atoms with Crippen LogP contribution in [0.2, 0.25) is 0 Å². The van der Waals surface area contributed by atoms with E-state index in [-0.39, 0.29) is 0 Å². The third-order valence-corrected chi connectivity index (χ3v) is 10.9. The van der Waals surface area contributed by atoms with E-state index in [9.17, 15) is 5.26 Å². The topological polar surface area (TPSA) is 38.0 Å². The van der Waals surface area contributed by atoms with Crippen molar-refractivity contribution in [1.82, 2.24) is 9.13 Å². The second-order valence-corrected chi connectivity index (χ2v) is 13.4. The molecule has 3 aromatic heterocycles. The highest BCUT2D eigenvalue weighted by Gasteiger charge is 2.22. The minimum Gasteiger partial charge on any atom is -0.309 e. The van der Waals surface area contributed by atoms with Crippen molar-refractivity contribution in [2.75, 3.05) is 0 Å². The third-order valence-electron chi connectivity index (χ3n) is 9.76. The van der Waals surface area contributed by atoms with Crippen LogP contribution in [0, 0.1) is 17.9 Å². The molecule has 0 aliphatic carbocycles. The van der Waals surface area contributed by atoms with Gasteiger partial charge >= 0.3 is 0 Å². The molecular weight excluding hydrogens is 617 g/mol. The summed E-state index contributed by atoms with van der Waals surface area (Å²) in [5.41, 5.74) is 9.93. The van der Waals surface area contributed by atoms with Crippen LogP contribution in [-0.4, -0.2) is 9.13 Å². The number of nitrogens with zero attached hydrogens (tertiary/aromatic N) is 4. The first-order chi connectivity index (χ1) is 24.2. The maximum atomic E-state index is 9.71. The van der Waals surface area contributed by atoms with Crippen molar-refractivity contribution in [3.05, 3.63) is 163 Å². The van der Waals surface area contributed by atoms with E-state index in [0.29, 0.717) is 11.3 Å². The molecule has 0 spiro atoms. The first-order valence-electron chi connectivity index (χ1n) is 16.1. The van der Waals surface area contributed by atoms with Gasteiger partial charge < -0.3 is 9.13 Å². The summed E-state index contributed by atoms with van der Waals surface area (Å²) < 4.78 is 7.20. The second-order valence-electron chi connectivity index (χ2n) is 12.3. The maximum absolute atomic E-state index is 9.71. The van der Waals surface area contributed by atoms with Crippen LogP contribution in [0.25, 0.3) is 91.1 Å². The van der Waals surface area contributed by atoms with Gasteiger partial charge in [0.2, 0.25) is 0 Å². The predicted octanol–water partition coefficient (Wildman–Crippen LogP) is 12.3. The zero-order valence-electron chi connectivity index (χ0n) is 26.1. The van der Waals surface area contributed by atoms with Gasteiger partial charge in [0.1, 0.15) is 0 Å². The van der Waals surface area contributed by atoms with E-state index in [1.54, 1.807) is 0 Å². The van der Waals surface area contributed by atoms with Crippen LogP contribution in [0.5, 0.6) is 0 Å². The van der Waals surface area contributed by atoms with Gasteiger partial charge in [-0.05, 0) is 72.1 Å². The molecule has 10 rings (SSSR count). The predicted molar refractivity (Wildman–Crippen MR) is 204 cm³/mol. The molecule has 5 heteroatoms. The van der Waals surface area contributed by atoms with Gasteiger partial charge in [0.15, 0.2) is 5.69 Å². The molecule has 0 N–H and O–H groups in total. The summed E-state index contributed by atoms with van der Waals surface area (Å²) in [6.45, 7) is 7.84. The summed E-state index contributed by atoms with van der Waals surface area (Å²) in [7, 11) is 0. The Morgan fingerprint density at radius 3 is 1.90 bits per heavy atom. The summed E-state index contributed by atoms with van der Waals surface area (Å²) in [6.07, 6.45) is 0. The van der Waals surface area contributed by atoms with Crippen molar-refractivity contribution >= 4 is 80.8 Å². The lowest BCUT2D eigenvalue weighted by Gasteiger charge is -2.18. The van der Waals surface area contributed by atoms with Crippen LogP contribution in [0.3, 0.4) is 0 Å². The summed E-state index contributed by atoms with van der Waals surface area (Å²) >= 11 is 1.81. The van der Waals surface area contributed by atoms with Gasteiger partial charge in [-0.3, -0.25) is 0 Å². The molecule has 0 amide bonds. The van der Waals surface area contributed by atoms with Crippen LogP contribution < -0.4 is 0 Å². The second kappa shape index (κ2) is 10.4. The van der Waals surface area contributed by atoms with Crippen LogP contribution in [0.15, 0.2) is 146 Å². The Kier molecular flexibility index (Phi) is 5.84. The Morgan fingerprint density at radius 2 is 1.12 bits per heavy atom. The highest BCUT2D eigenvalue weighted by molar-refractivity contribution is 7.26. The Morgan fingerprint density at radius 1 is 0.510 bits per heavy atom. The maximum Gasteiger partial charge on any atom is 0.188 e. The van der Waals surface area contributed by atoms with Gasteiger partial charge in [-0.15, -0.1) is 11.3 Å². The van der Waals surface area contributed by atoms with E-state index in [0.717, 1.165) is 60.7 Å². The van der Waals surface area contributed by atoms with Gasteiger partial charge in [0, 0.05) is 47.5 Å². The van der Waals surface area contributed by atoms with Crippen molar-refractivity contribution in [3.8, 4) is 28.6 Å². The van der Waals surface area contributed by atoms with Gasteiger partial charge in [-0.2, -0.15) is 5.26 Å². The molecule has 0 saturated heterocycles. The molecule has 7 aromatic carbocycles. The first kappa shape index (κ1) is 27.5. The number of fused-ring (bicyclic) bond motifs is 10. The van der Waals surface area contributed by atoms with Crippen LogP contribution in [0.4, 0.5) is 5.69 Å². The average molecular weight is 641 g/mol. The summed E-state index contributed by atoms with van der Waals surface area (Å²) in [6, 6.07) is 53.1. The zero-order valence-corrected chi connectivity index (χ0v) is 26.9. The molecule has 0 radical (unpaired) electrons. The highest BCUT2D eigenvalue weighted by Crippen LogP contribution is 2.46. The van der Waals surface area contributed by atoms with Gasteiger partial charge in [0.05, 0.1) is 51.6 Å². The minimum absolute atomic E-state index is 0.632. The Labute approximate surface area is 285 Å². The molecule has 0 bridgehead atoms. The first-order valence-corrected chi connectivity index (χ1v) is 16.9. The van der Waals surface area contributed by atoms with Crippen LogP contribution in [0.1, 0.15) is 5.56 Å². The summed E-state index contributed by atoms with van der Waals surface area (Å²) in [5.74, 6) is 0. The fourth-order valence-electron chi connectivity index (χ4n) is 7.74. The molecule has 0 saturated carbocycles. The molecule has 0 atom stereocenters. The molecule has 3 heterocycles. The summed E-state index contributed by atoms with van der Waals surface area (Å²) in [4.78, 5) is 3.83. The Bertz CT molecular complexity index is 3090. The number of thiophene rings is 1. The van der Waals surface area contributed by atoms with E-state index in [2.05, 4.69) is 147 Å². The lowest BCUT2D eigenvalue weighted by molar-refractivity contribution is 1.16. The van der Waals surface area contributed by atoms with E-state index >= 15 is 0 Å². The van der Waals surface area contributed by atoms with Crippen LogP contribution in [-0.2, 0) is 0 Å². The number of nitriles is 1. The molecule has 0 unspecified atom stereocenters. The average Bonchev–Trinajstić information content (AvgIpc) is 3.81. The van der Waals surface area contributed by atoms with E-state index < -0.39 is 0 Å². The number of benzene rings is 7. The lowest BCUT2D eigenvalue weighted by Crippen LogP contribution is -2.01. The van der Waals surface area contributed by atoms with Crippen LogP contribution >= 0.6 is 11.3 Å². The minimum atomic E-state index is 0.632. The van der Waals surface area contributed by atoms with E-state index in [1.165, 1.54) is 25.6 Å². The van der Waals surface area contributed by atoms with E-state index in [4.69, 9.17) is 6.57 Å². The number of hydrogen-bond acceptors (Lipinski definition) is 2. The highest BCUT2D eigenvalue weighted by atomic mass is 32.1. The quantitative estimate of drug-likeness (QED) is 0.177. The summed E-state index contributed by atoms with van der Waals surface area (Å²) in [5, 5.41) is 16.6. The van der Waals surface area contributed by atoms with Crippen molar-refractivity contribution in [2.45, 2.75) is 0 Å². The number of hydrogen-bond donors (Lipinski definition) is 0.